The normalized spacial score (nSPS) is 12.0. The number of hydrogen-bond donors (Lipinski definition) is 1. The molecule has 1 N–H and O–H groups in total. The second-order valence-corrected chi connectivity index (χ2v) is 5.69. The Morgan fingerprint density at radius 2 is 2.00 bits per heavy atom. The summed E-state index contributed by atoms with van der Waals surface area (Å²) in [7, 11) is 0. The minimum atomic E-state index is -0.645. The predicted molar refractivity (Wildman–Crippen MR) is 88.7 cm³/mol. The molecule has 0 bridgehead atoms. The van der Waals surface area contributed by atoms with Crippen molar-refractivity contribution in [1.82, 2.24) is 20.1 Å². The molecule has 3 rings (SSSR count). The molecular weight excluding hydrogens is 331 g/mol. The van der Waals surface area contributed by atoms with Gasteiger partial charge in [0.15, 0.2) is 0 Å². The molecule has 1 heterocycles. The third-order valence-corrected chi connectivity index (χ3v) is 3.83. The molecule has 0 aliphatic rings. The number of amides is 1. The lowest BCUT2D eigenvalue weighted by Crippen LogP contribution is -2.27. The molecule has 122 valence electrons. The van der Waals surface area contributed by atoms with Crippen molar-refractivity contribution >= 4 is 17.5 Å². The molecule has 0 aliphatic carbocycles. The van der Waals surface area contributed by atoms with E-state index < -0.39 is 11.7 Å². The van der Waals surface area contributed by atoms with Crippen LogP contribution in [0.3, 0.4) is 0 Å². The molecule has 0 radical (unpaired) electrons. The number of nitrogens with one attached hydrogen (secondary N) is 1. The highest BCUT2D eigenvalue weighted by Crippen LogP contribution is 2.18. The second-order valence-electron chi connectivity index (χ2n) is 5.25. The Kier molecular flexibility index (Phi) is 4.57. The van der Waals surface area contributed by atoms with Gasteiger partial charge >= 0.3 is 0 Å². The Hall–Kier alpha value is -2.73. The standard InChI is InChI=1S/C17H14ClFN4O/c1-11(22-17(24)15-7-4-13(18)8-16(15)19)12-2-5-14(6-3-12)23-10-20-9-21-23/h2-11H,1H3,(H,22,24)/t11-/m0/s1. The van der Waals surface area contributed by atoms with Crippen molar-refractivity contribution in [3.63, 3.8) is 0 Å². The fourth-order valence-corrected chi connectivity index (χ4v) is 2.45. The van der Waals surface area contributed by atoms with Gasteiger partial charge in [-0.2, -0.15) is 5.10 Å². The van der Waals surface area contributed by atoms with E-state index in [1.54, 1.807) is 11.0 Å². The number of halogens is 2. The van der Waals surface area contributed by atoms with E-state index in [2.05, 4.69) is 15.4 Å². The highest BCUT2D eigenvalue weighted by atomic mass is 35.5. The molecule has 0 fully saturated rings. The maximum Gasteiger partial charge on any atom is 0.254 e. The van der Waals surface area contributed by atoms with Crippen LogP contribution in [0.2, 0.25) is 5.02 Å². The molecule has 2 aromatic carbocycles. The van der Waals surface area contributed by atoms with Gasteiger partial charge in [-0.3, -0.25) is 4.79 Å². The van der Waals surface area contributed by atoms with Crippen LogP contribution in [0.25, 0.3) is 5.69 Å². The van der Waals surface area contributed by atoms with Crippen LogP contribution in [-0.2, 0) is 0 Å². The summed E-state index contributed by atoms with van der Waals surface area (Å²) in [5.74, 6) is -1.13. The van der Waals surface area contributed by atoms with E-state index in [9.17, 15) is 9.18 Å². The first-order valence-corrected chi connectivity index (χ1v) is 7.63. The SMILES string of the molecule is C[C@H](NC(=O)c1ccc(Cl)cc1F)c1ccc(-n2cncn2)cc1. The van der Waals surface area contributed by atoms with Crippen molar-refractivity contribution in [3.8, 4) is 5.69 Å². The Balaban J connectivity index is 1.72. The van der Waals surface area contributed by atoms with E-state index in [0.29, 0.717) is 0 Å². The van der Waals surface area contributed by atoms with Gasteiger partial charge in [0.1, 0.15) is 18.5 Å². The van der Waals surface area contributed by atoms with Gasteiger partial charge in [0.05, 0.1) is 17.3 Å². The lowest BCUT2D eigenvalue weighted by molar-refractivity contribution is 0.0936. The molecule has 0 spiro atoms. The highest BCUT2D eigenvalue weighted by Gasteiger charge is 2.15. The maximum absolute atomic E-state index is 13.8. The van der Waals surface area contributed by atoms with Crippen LogP contribution in [-0.4, -0.2) is 20.7 Å². The third-order valence-electron chi connectivity index (χ3n) is 3.60. The summed E-state index contributed by atoms with van der Waals surface area (Å²) in [6, 6.07) is 11.2. The summed E-state index contributed by atoms with van der Waals surface area (Å²) in [6.45, 7) is 1.83. The van der Waals surface area contributed by atoms with Crippen LogP contribution in [0, 0.1) is 5.82 Å². The summed E-state index contributed by atoms with van der Waals surface area (Å²) in [5.41, 5.74) is 1.71. The monoisotopic (exact) mass is 344 g/mol. The van der Waals surface area contributed by atoms with Gasteiger partial charge < -0.3 is 5.32 Å². The highest BCUT2D eigenvalue weighted by molar-refractivity contribution is 6.30. The van der Waals surface area contributed by atoms with Crippen molar-refractivity contribution in [3.05, 3.63) is 77.1 Å². The Bertz CT molecular complexity index is 850. The van der Waals surface area contributed by atoms with E-state index in [1.165, 1.54) is 18.5 Å². The average Bonchev–Trinajstić information content (AvgIpc) is 3.09. The quantitative estimate of drug-likeness (QED) is 0.787. The van der Waals surface area contributed by atoms with Gasteiger partial charge in [0, 0.05) is 5.02 Å². The third kappa shape index (κ3) is 3.44. The molecule has 1 aromatic heterocycles. The lowest BCUT2D eigenvalue weighted by Gasteiger charge is -2.15. The first-order valence-electron chi connectivity index (χ1n) is 7.25. The number of rotatable bonds is 4. The zero-order valence-electron chi connectivity index (χ0n) is 12.8. The fraction of sp³-hybridized carbons (Fsp3) is 0.118. The minimum Gasteiger partial charge on any atom is -0.345 e. The number of carbonyl (C=O) groups is 1. The number of hydrogen-bond acceptors (Lipinski definition) is 3. The summed E-state index contributed by atoms with van der Waals surface area (Å²) in [5, 5.41) is 7.07. The molecule has 5 nitrogen and oxygen atoms in total. The van der Waals surface area contributed by atoms with Crippen molar-refractivity contribution < 1.29 is 9.18 Å². The van der Waals surface area contributed by atoms with Crippen LogP contribution in [0.4, 0.5) is 4.39 Å². The van der Waals surface area contributed by atoms with E-state index in [-0.39, 0.29) is 16.6 Å². The second kappa shape index (κ2) is 6.80. The Labute approximate surface area is 143 Å². The zero-order valence-corrected chi connectivity index (χ0v) is 13.5. The molecule has 0 aliphatic heterocycles. The Morgan fingerprint density at radius 1 is 1.25 bits per heavy atom. The van der Waals surface area contributed by atoms with Crippen LogP contribution in [0.5, 0.6) is 0 Å². The van der Waals surface area contributed by atoms with Crippen molar-refractivity contribution in [2.45, 2.75) is 13.0 Å². The van der Waals surface area contributed by atoms with Gasteiger partial charge in [0.2, 0.25) is 0 Å². The number of nitrogens with zero attached hydrogens (tertiary/aromatic N) is 3. The molecule has 1 amide bonds. The van der Waals surface area contributed by atoms with Gasteiger partial charge in [-0.05, 0) is 42.8 Å². The average molecular weight is 345 g/mol. The van der Waals surface area contributed by atoms with Crippen molar-refractivity contribution in [2.24, 2.45) is 0 Å². The summed E-state index contributed by atoms with van der Waals surface area (Å²) in [4.78, 5) is 16.1. The van der Waals surface area contributed by atoms with Gasteiger partial charge in [-0.15, -0.1) is 0 Å². The summed E-state index contributed by atoms with van der Waals surface area (Å²) in [6.07, 6.45) is 3.06. The fourth-order valence-electron chi connectivity index (χ4n) is 2.29. The molecule has 0 saturated carbocycles. The van der Waals surface area contributed by atoms with Crippen molar-refractivity contribution in [1.29, 1.82) is 0 Å². The van der Waals surface area contributed by atoms with E-state index in [1.807, 2.05) is 31.2 Å². The van der Waals surface area contributed by atoms with Crippen LogP contribution < -0.4 is 5.32 Å². The molecule has 7 heteroatoms. The van der Waals surface area contributed by atoms with Crippen LogP contribution >= 0.6 is 11.6 Å². The van der Waals surface area contributed by atoms with E-state index >= 15 is 0 Å². The van der Waals surface area contributed by atoms with Crippen molar-refractivity contribution in [2.75, 3.05) is 0 Å². The number of aromatic nitrogens is 3. The largest absolute Gasteiger partial charge is 0.345 e. The molecule has 1 atom stereocenters. The van der Waals surface area contributed by atoms with Gasteiger partial charge in [0.25, 0.3) is 5.91 Å². The first kappa shape index (κ1) is 16.1. The van der Waals surface area contributed by atoms with Gasteiger partial charge in [-0.1, -0.05) is 23.7 Å². The van der Waals surface area contributed by atoms with Crippen LogP contribution in [0.1, 0.15) is 28.9 Å². The smallest absolute Gasteiger partial charge is 0.254 e. The zero-order chi connectivity index (χ0) is 17.1. The molecular formula is C17H14ClFN4O. The number of carbonyl (C=O) groups excluding carboxylic acids is 1. The molecule has 3 aromatic rings. The molecule has 0 saturated heterocycles. The molecule has 24 heavy (non-hydrogen) atoms. The van der Waals surface area contributed by atoms with E-state index in [4.69, 9.17) is 11.6 Å². The maximum atomic E-state index is 13.8. The topological polar surface area (TPSA) is 59.8 Å². The number of benzene rings is 2. The summed E-state index contributed by atoms with van der Waals surface area (Å²) < 4.78 is 15.4. The van der Waals surface area contributed by atoms with Gasteiger partial charge in [-0.25, -0.2) is 14.1 Å². The van der Waals surface area contributed by atoms with Crippen LogP contribution in [0.15, 0.2) is 55.1 Å². The minimum absolute atomic E-state index is 0.0366. The first-order chi connectivity index (χ1) is 11.5. The molecule has 0 unspecified atom stereocenters. The summed E-state index contributed by atoms with van der Waals surface area (Å²) >= 11 is 5.70. The van der Waals surface area contributed by atoms with E-state index in [0.717, 1.165) is 17.3 Å². The predicted octanol–water partition coefficient (Wildman–Crippen LogP) is 3.55. The lowest BCUT2D eigenvalue weighted by atomic mass is 10.1. The Morgan fingerprint density at radius 3 is 2.62 bits per heavy atom.